The molecule has 1 atom stereocenters. The van der Waals surface area contributed by atoms with Crippen LogP contribution in [0.25, 0.3) is 0 Å². The summed E-state index contributed by atoms with van der Waals surface area (Å²) in [5.41, 5.74) is 0.962. The van der Waals surface area contributed by atoms with Crippen LogP contribution in [0.3, 0.4) is 0 Å². The zero-order chi connectivity index (χ0) is 13.1. The summed E-state index contributed by atoms with van der Waals surface area (Å²) in [7, 11) is 1.96. The number of alkyl halides is 3. The van der Waals surface area contributed by atoms with Crippen molar-refractivity contribution in [1.29, 1.82) is 0 Å². The lowest BCUT2D eigenvalue weighted by Crippen LogP contribution is -2.21. The first kappa shape index (κ1) is 13.8. The average molecular weight is 247 g/mol. The summed E-state index contributed by atoms with van der Waals surface area (Å²) < 4.78 is 39.7. The van der Waals surface area contributed by atoms with Crippen LogP contribution in [0.1, 0.15) is 25.5 Å². The highest BCUT2D eigenvalue weighted by molar-refractivity contribution is 5.29. The van der Waals surface area contributed by atoms with Crippen LogP contribution in [0, 0.1) is 0 Å². The van der Waals surface area contributed by atoms with Gasteiger partial charge >= 0.3 is 6.36 Å². The molecule has 0 heterocycles. The van der Waals surface area contributed by atoms with E-state index in [9.17, 15) is 13.2 Å². The molecule has 0 aliphatic rings. The third-order valence-corrected chi connectivity index (χ3v) is 2.76. The highest BCUT2D eigenvalue weighted by Crippen LogP contribution is 2.25. The second kappa shape index (κ2) is 5.40. The summed E-state index contributed by atoms with van der Waals surface area (Å²) >= 11 is 0. The Labute approximate surface area is 99.0 Å². The Morgan fingerprint density at radius 3 is 2.18 bits per heavy atom. The van der Waals surface area contributed by atoms with E-state index >= 15 is 0 Å². The molecule has 1 aromatic carbocycles. The van der Waals surface area contributed by atoms with Gasteiger partial charge in [0.05, 0.1) is 0 Å². The Bertz CT molecular complexity index is 348. The molecule has 96 valence electrons. The van der Waals surface area contributed by atoms with Crippen molar-refractivity contribution >= 4 is 0 Å². The number of hydrogen-bond acceptors (Lipinski definition) is 2. The summed E-state index contributed by atoms with van der Waals surface area (Å²) in [6.45, 7) is 4.91. The second-order valence-corrected chi connectivity index (χ2v) is 3.87. The molecule has 0 aromatic heterocycles. The maximum absolute atomic E-state index is 12.0. The number of halogens is 3. The van der Waals surface area contributed by atoms with Crippen LogP contribution in [0.5, 0.6) is 5.75 Å². The van der Waals surface area contributed by atoms with Gasteiger partial charge in [-0.25, -0.2) is 0 Å². The SMILES string of the molecule is CCN(C)C(C)c1ccc(OC(F)(F)F)cc1. The van der Waals surface area contributed by atoms with Gasteiger partial charge in [0.2, 0.25) is 0 Å². The Kier molecular flexibility index (Phi) is 4.40. The first-order chi connectivity index (χ1) is 7.83. The van der Waals surface area contributed by atoms with Gasteiger partial charge in [-0.2, -0.15) is 0 Å². The van der Waals surface area contributed by atoms with Crippen molar-refractivity contribution in [2.45, 2.75) is 26.3 Å². The van der Waals surface area contributed by atoms with Crippen LogP contribution < -0.4 is 4.74 Å². The maximum Gasteiger partial charge on any atom is 0.573 e. The maximum atomic E-state index is 12.0. The van der Waals surface area contributed by atoms with E-state index in [0.717, 1.165) is 12.1 Å². The lowest BCUT2D eigenvalue weighted by molar-refractivity contribution is -0.274. The van der Waals surface area contributed by atoms with Crippen molar-refractivity contribution in [3.05, 3.63) is 29.8 Å². The lowest BCUT2D eigenvalue weighted by Gasteiger charge is -2.23. The third-order valence-electron chi connectivity index (χ3n) is 2.76. The number of hydrogen-bond donors (Lipinski definition) is 0. The molecule has 2 nitrogen and oxygen atoms in total. The monoisotopic (exact) mass is 247 g/mol. The Balaban J connectivity index is 2.74. The highest BCUT2D eigenvalue weighted by Gasteiger charge is 2.31. The van der Waals surface area contributed by atoms with Crippen molar-refractivity contribution in [3.63, 3.8) is 0 Å². The zero-order valence-corrected chi connectivity index (χ0v) is 10.1. The van der Waals surface area contributed by atoms with E-state index in [0.29, 0.717) is 0 Å². The molecular weight excluding hydrogens is 231 g/mol. The molecule has 0 aliphatic heterocycles. The van der Waals surface area contributed by atoms with Crippen LogP contribution in [0.15, 0.2) is 24.3 Å². The summed E-state index contributed by atoms with van der Waals surface area (Å²) in [6.07, 6.45) is -4.63. The van der Waals surface area contributed by atoms with Gasteiger partial charge in [-0.3, -0.25) is 4.90 Å². The fourth-order valence-corrected chi connectivity index (χ4v) is 1.48. The van der Waals surface area contributed by atoms with E-state index in [2.05, 4.69) is 9.64 Å². The number of nitrogens with zero attached hydrogens (tertiary/aromatic N) is 1. The Morgan fingerprint density at radius 2 is 1.76 bits per heavy atom. The summed E-state index contributed by atoms with van der Waals surface area (Å²) in [5.74, 6) is -0.187. The first-order valence-corrected chi connectivity index (χ1v) is 5.39. The van der Waals surface area contributed by atoms with Crippen LogP contribution >= 0.6 is 0 Å². The molecule has 0 amide bonds. The molecule has 0 bridgehead atoms. The van der Waals surface area contributed by atoms with Crippen LogP contribution in [0.4, 0.5) is 13.2 Å². The molecule has 0 radical (unpaired) electrons. The van der Waals surface area contributed by atoms with Crippen LogP contribution in [-0.2, 0) is 0 Å². The summed E-state index contributed by atoms with van der Waals surface area (Å²) in [5, 5.41) is 0. The molecule has 1 unspecified atom stereocenters. The summed E-state index contributed by atoms with van der Waals surface area (Å²) in [4.78, 5) is 2.10. The molecule has 1 aromatic rings. The fraction of sp³-hybridized carbons (Fsp3) is 0.500. The van der Waals surface area contributed by atoms with Crippen molar-refractivity contribution in [3.8, 4) is 5.75 Å². The molecule has 5 heteroatoms. The Morgan fingerprint density at radius 1 is 1.24 bits per heavy atom. The predicted octanol–water partition coefficient (Wildman–Crippen LogP) is 3.60. The van der Waals surface area contributed by atoms with Gasteiger partial charge in [0.1, 0.15) is 5.75 Å². The topological polar surface area (TPSA) is 12.5 Å². The number of rotatable bonds is 4. The van der Waals surface area contributed by atoms with Gasteiger partial charge in [0.15, 0.2) is 0 Å². The molecule has 0 aliphatic carbocycles. The minimum Gasteiger partial charge on any atom is -0.406 e. The molecule has 0 saturated carbocycles. The van der Waals surface area contributed by atoms with E-state index in [4.69, 9.17) is 0 Å². The van der Waals surface area contributed by atoms with E-state index in [1.165, 1.54) is 12.1 Å². The number of benzene rings is 1. The van der Waals surface area contributed by atoms with Crippen LogP contribution in [-0.4, -0.2) is 24.9 Å². The number of ether oxygens (including phenoxy) is 1. The lowest BCUT2D eigenvalue weighted by atomic mass is 10.1. The quantitative estimate of drug-likeness (QED) is 0.806. The van der Waals surface area contributed by atoms with Gasteiger partial charge < -0.3 is 4.74 Å². The smallest absolute Gasteiger partial charge is 0.406 e. The second-order valence-electron chi connectivity index (χ2n) is 3.87. The Hall–Kier alpha value is -1.23. The van der Waals surface area contributed by atoms with Gasteiger partial charge in [0, 0.05) is 6.04 Å². The van der Waals surface area contributed by atoms with Crippen molar-refractivity contribution in [2.75, 3.05) is 13.6 Å². The van der Waals surface area contributed by atoms with E-state index < -0.39 is 6.36 Å². The van der Waals surface area contributed by atoms with Gasteiger partial charge in [-0.05, 0) is 38.2 Å². The average Bonchev–Trinajstić information content (AvgIpc) is 2.26. The van der Waals surface area contributed by atoms with Gasteiger partial charge in [-0.15, -0.1) is 13.2 Å². The third kappa shape index (κ3) is 4.26. The van der Waals surface area contributed by atoms with Gasteiger partial charge in [-0.1, -0.05) is 19.1 Å². The van der Waals surface area contributed by atoms with Crippen molar-refractivity contribution in [2.24, 2.45) is 0 Å². The molecule has 0 spiro atoms. The zero-order valence-electron chi connectivity index (χ0n) is 10.1. The first-order valence-electron chi connectivity index (χ1n) is 5.39. The van der Waals surface area contributed by atoms with Crippen LogP contribution in [0.2, 0.25) is 0 Å². The predicted molar refractivity (Wildman–Crippen MR) is 59.8 cm³/mol. The summed E-state index contributed by atoms with van der Waals surface area (Å²) in [6, 6.07) is 6.14. The van der Waals surface area contributed by atoms with E-state index in [-0.39, 0.29) is 11.8 Å². The normalized spacial score (nSPS) is 13.8. The highest BCUT2D eigenvalue weighted by atomic mass is 19.4. The van der Waals surface area contributed by atoms with E-state index in [1.807, 2.05) is 20.9 Å². The van der Waals surface area contributed by atoms with Gasteiger partial charge in [0.25, 0.3) is 0 Å². The minimum atomic E-state index is -4.63. The van der Waals surface area contributed by atoms with Crippen molar-refractivity contribution in [1.82, 2.24) is 4.90 Å². The van der Waals surface area contributed by atoms with Crippen molar-refractivity contribution < 1.29 is 17.9 Å². The molecule has 0 saturated heterocycles. The molecule has 17 heavy (non-hydrogen) atoms. The molecular formula is C12H16F3NO. The van der Waals surface area contributed by atoms with E-state index in [1.54, 1.807) is 12.1 Å². The minimum absolute atomic E-state index is 0.167. The largest absolute Gasteiger partial charge is 0.573 e. The molecule has 1 rings (SSSR count). The molecule has 0 fully saturated rings. The fourth-order valence-electron chi connectivity index (χ4n) is 1.48. The standard InChI is InChI=1S/C12H16F3NO/c1-4-16(3)9(2)10-5-7-11(8-6-10)17-12(13,14)15/h5-9H,4H2,1-3H3. The molecule has 0 N–H and O–H groups in total.